The minimum atomic E-state index is -0.422. The summed E-state index contributed by atoms with van der Waals surface area (Å²) in [7, 11) is 2.03. The van der Waals surface area contributed by atoms with Gasteiger partial charge in [-0.15, -0.1) is 0 Å². The molecule has 0 aliphatic carbocycles. The molecule has 1 fully saturated rings. The molecule has 0 bridgehead atoms. The molecule has 94 valence electrons. The molecule has 1 heterocycles. The summed E-state index contributed by atoms with van der Waals surface area (Å²) in [6, 6.07) is 6.56. The molecule has 0 amide bonds. The second-order valence-corrected chi connectivity index (χ2v) is 4.36. The lowest BCUT2D eigenvalue weighted by Gasteiger charge is -2.33. The van der Waals surface area contributed by atoms with Crippen LogP contribution in [-0.2, 0) is 0 Å². The highest BCUT2D eigenvalue weighted by atomic mass is 16.6. The second-order valence-electron chi connectivity index (χ2n) is 4.36. The van der Waals surface area contributed by atoms with E-state index in [-0.39, 0.29) is 5.69 Å². The average molecular weight is 246 g/mol. The Labute approximate surface area is 105 Å². The average Bonchev–Trinajstić information content (AvgIpc) is 2.39. The molecule has 0 N–H and O–H groups in total. The predicted octanol–water partition coefficient (Wildman–Crippen LogP) is 1.22. The van der Waals surface area contributed by atoms with Gasteiger partial charge >= 0.3 is 0 Å². The van der Waals surface area contributed by atoms with Gasteiger partial charge in [0.1, 0.15) is 5.69 Å². The molecule has 1 aromatic rings. The van der Waals surface area contributed by atoms with Gasteiger partial charge in [0.15, 0.2) is 0 Å². The summed E-state index contributed by atoms with van der Waals surface area (Å²) in [5, 5.41) is 19.8. The SMILES string of the molecule is CN1CCN(c2ccc(C#N)cc2[N+](=O)[O-])CC1. The third kappa shape index (κ3) is 2.41. The highest BCUT2D eigenvalue weighted by molar-refractivity contribution is 5.65. The number of nitrogens with zero attached hydrogens (tertiary/aromatic N) is 4. The van der Waals surface area contributed by atoms with E-state index in [1.807, 2.05) is 18.0 Å². The summed E-state index contributed by atoms with van der Waals surface area (Å²) in [5.74, 6) is 0. The highest BCUT2D eigenvalue weighted by Crippen LogP contribution is 2.29. The van der Waals surface area contributed by atoms with E-state index in [1.165, 1.54) is 6.07 Å². The Bertz CT molecular complexity index is 501. The third-order valence-electron chi connectivity index (χ3n) is 3.15. The van der Waals surface area contributed by atoms with Gasteiger partial charge in [-0.1, -0.05) is 0 Å². The molecule has 0 aromatic heterocycles. The Balaban J connectivity index is 2.32. The van der Waals surface area contributed by atoms with Crippen LogP contribution in [0.2, 0.25) is 0 Å². The van der Waals surface area contributed by atoms with Gasteiger partial charge in [-0.2, -0.15) is 5.26 Å². The number of rotatable bonds is 2. The fourth-order valence-electron chi connectivity index (χ4n) is 2.05. The van der Waals surface area contributed by atoms with Crippen molar-refractivity contribution in [3.8, 4) is 6.07 Å². The smallest absolute Gasteiger partial charge is 0.293 e. The van der Waals surface area contributed by atoms with Crippen molar-refractivity contribution in [3.63, 3.8) is 0 Å². The summed E-state index contributed by atoms with van der Waals surface area (Å²) in [6.07, 6.45) is 0. The zero-order valence-electron chi connectivity index (χ0n) is 10.2. The van der Waals surface area contributed by atoms with Crippen LogP contribution < -0.4 is 4.90 Å². The van der Waals surface area contributed by atoms with Crippen molar-refractivity contribution in [1.29, 1.82) is 5.26 Å². The van der Waals surface area contributed by atoms with E-state index in [2.05, 4.69) is 4.90 Å². The summed E-state index contributed by atoms with van der Waals surface area (Å²) in [5.41, 5.74) is 0.935. The van der Waals surface area contributed by atoms with E-state index >= 15 is 0 Å². The van der Waals surface area contributed by atoms with E-state index in [4.69, 9.17) is 5.26 Å². The Morgan fingerprint density at radius 1 is 1.33 bits per heavy atom. The van der Waals surface area contributed by atoms with Crippen molar-refractivity contribution in [1.82, 2.24) is 4.90 Å². The number of nitro benzene ring substituents is 1. The molecule has 1 aromatic carbocycles. The van der Waals surface area contributed by atoms with Crippen LogP contribution >= 0.6 is 0 Å². The van der Waals surface area contributed by atoms with Crippen LogP contribution in [-0.4, -0.2) is 43.0 Å². The first-order valence-electron chi connectivity index (χ1n) is 5.74. The Morgan fingerprint density at radius 2 is 2.00 bits per heavy atom. The first-order chi connectivity index (χ1) is 8.61. The predicted molar refractivity (Wildman–Crippen MR) is 67.5 cm³/mol. The zero-order chi connectivity index (χ0) is 13.1. The molecule has 0 saturated carbocycles. The van der Waals surface area contributed by atoms with E-state index in [0.29, 0.717) is 11.3 Å². The molecule has 1 saturated heterocycles. The van der Waals surface area contributed by atoms with E-state index < -0.39 is 4.92 Å². The highest BCUT2D eigenvalue weighted by Gasteiger charge is 2.22. The van der Waals surface area contributed by atoms with Gasteiger partial charge in [0.25, 0.3) is 5.69 Å². The minimum Gasteiger partial charge on any atom is -0.363 e. The molecule has 0 unspecified atom stereocenters. The Hall–Kier alpha value is -2.13. The molecular weight excluding hydrogens is 232 g/mol. The quantitative estimate of drug-likeness (QED) is 0.579. The van der Waals surface area contributed by atoms with E-state index in [0.717, 1.165) is 26.2 Å². The summed E-state index contributed by atoms with van der Waals surface area (Å²) < 4.78 is 0. The van der Waals surface area contributed by atoms with Gasteiger partial charge in [0.2, 0.25) is 0 Å². The normalized spacial score (nSPS) is 16.3. The molecule has 18 heavy (non-hydrogen) atoms. The fraction of sp³-hybridized carbons (Fsp3) is 0.417. The number of likely N-dealkylation sites (N-methyl/N-ethyl adjacent to an activating group) is 1. The van der Waals surface area contributed by atoms with Crippen LogP contribution in [0, 0.1) is 21.4 Å². The van der Waals surface area contributed by atoms with Crippen molar-refractivity contribution in [3.05, 3.63) is 33.9 Å². The molecule has 0 spiro atoms. The molecule has 1 aliphatic heterocycles. The number of piperazine rings is 1. The lowest BCUT2D eigenvalue weighted by atomic mass is 10.1. The van der Waals surface area contributed by atoms with Crippen molar-refractivity contribution in [2.45, 2.75) is 0 Å². The minimum absolute atomic E-state index is 0.0126. The standard InChI is InChI=1S/C12H14N4O2/c1-14-4-6-15(7-5-14)11-3-2-10(9-13)8-12(11)16(17)18/h2-3,8H,4-7H2,1H3. The van der Waals surface area contributed by atoms with Gasteiger partial charge in [-0.05, 0) is 19.2 Å². The molecule has 2 rings (SSSR count). The largest absolute Gasteiger partial charge is 0.363 e. The number of hydrogen-bond acceptors (Lipinski definition) is 5. The van der Waals surface area contributed by atoms with Gasteiger partial charge in [-0.3, -0.25) is 10.1 Å². The first kappa shape index (κ1) is 12.3. The number of hydrogen-bond donors (Lipinski definition) is 0. The van der Waals surface area contributed by atoms with Crippen LogP contribution in [0.3, 0.4) is 0 Å². The van der Waals surface area contributed by atoms with Crippen molar-refractivity contribution in [2.24, 2.45) is 0 Å². The van der Waals surface area contributed by atoms with Gasteiger partial charge in [0.05, 0.1) is 16.6 Å². The van der Waals surface area contributed by atoms with E-state index in [1.54, 1.807) is 12.1 Å². The molecular formula is C12H14N4O2. The van der Waals surface area contributed by atoms with Crippen LogP contribution in [0.25, 0.3) is 0 Å². The van der Waals surface area contributed by atoms with Crippen molar-refractivity contribution in [2.75, 3.05) is 38.1 Å². The zero-order valence-corrected chi connectivity index (χ0v) is 10.2. The maximum Gasteiger partial charge on any atom is 0.293 e. The molecule has 1 aliphatic rings. The summed E-state index contributed by atoms with van der Waals surface area (Å²) in [6.45, 7) is 3.31. The lowest BCUT2D eigenvalue weighted by molar-refractivity contribution is -0.384. The number of anilines is 1. The molecule has 0 atom stereocenters. The van der Waals surface area contributed by atoms with Crippen LogP contribution in [0.4, 0.5) is 11.4 Å². The lowest BCUT2D eigenvalue weighted by Crippen LogP contribution is -2.44. The third-order valence-corrected chi connectivity index (χ3v) is 3.15. The molecule has 6 nitrogen and oxygen atoms in total. The van der Waals surface area contributed by atoms with Gasteiger partial charge < -0.3 is 9.80 Å². The Kier molecular flexibility index (Phi) is 3.44. The molecule has 6 heteroatoms. The monoisotopic (exact) mass is 246 g/mol. The molecule has 0 radical (unpaired) electrons. The topological polar surface area (TPSA) is 73.4 Å². The van der Waals surface area contributed by atoms with Crippen LogP contribution in [0.1, 0.15) is 5.56 Å². The number of nitriles is 1. The Morgan fingerprint density at radius 3 is 2.56 bits per heavy atom. The van der Waals surface area contributed by atoms with Crippen molar-refractivity contribution < 1.29 is 4.92 Å². The second kappa shape index (κ2) is 5.02. The maximum absolute atomic E-state index is 11.1. The number of nitro groups is 1. The van der Waals surface area contributed by atoms with Crippen LogP contribution in [0.5, 0.6) is 0 Å². The summed E-state index contributed by atoms with van der Waals surface area (Å²) >= 11 is 0. The van der Waals surface area contributed by atoms with Crippen molar-refractivity contribution >= 4 is 11.4 Å². The summed E-state index contributed by atoms with van der Waals surface area (Å²) in [4.78, 5) is 14.8. The first-order valence-corrected chi connectivity index (χ1v) is 5.74. The fourth-order valence-corrected chi connectivity index (χ4v) is 2.05. The van der Waals surface area contributed by atoms with Crippen LogP contribution in [0.15, 0.2) is 18.2 Å². The van der Waals surface area contributed by atoms with Gasteiger partial charge in [-0.25, -0.2) is 0 Å². The maximum atomic E-state index is 11.1. The van der Waals surface area contributed by atoms with E-state index in [9.17, 15) is 10.1 Å². The van der Waals surface area contributed by atoms with Gasteiger partial charge in [0, 0.05) is 32.2 Å². The number of benzene rings is 1.